The van der Waals surface area contributed by atoms with Gasteiger partial charge in [-0.2, -0.15) is 0 Å². The van der Waals surface area contributed by atoms with Crippen molar-refractivity contribution < 1.29 is 14.3 Å². The van der Waals surface area contributed by atoms with Crippen molar-refractivity contribution in [2.75, 3.05) is 7.11 Å². The highest BCUT2D eigenvalue weighted by Crippen LogP contribution is 2.69. The van der Waals surface area contributed by atoms with Crippen LogP contribution in [0, 0.1) is 16.7 Å². The molecule has 1 aromatic rings. The molecule has 4 nitrogen and oxygen atoms in total. The third-order valence-electron chi connectivity index (χ3n) is 8.02. The summed E-state index contributed by atoms with van der Waals surface area (Å²) in [6.45, 7) is 2.15. The van der Waals surface area contributed by atoms with Gasteiger partial charge < -0.3 is 10.1 Å². The molecule has 1 aliphatic heterocycles. The molecule has 132 valence electrons. The van der Waals surface area contributed by atoms with E-state index in [-0.39, 0.29) is 22.8 Å². The molecule has 2 saturated carbocycles. The van der Waals surface area contributed by atoms with Crippen molar-refractivity contribution >= 4 is 11.7 Å². The van der Waals surface area contributed by atoms with E-state index in [1.54, 1.807) is 7.11 Å². The van der Waals surface area contributed by atoms with E-state index in [2.05, 4.69) is 30.4 Å². The lowest BCUT2D eigenvalue weighted by molar-refractivity contribution is -0.138. The van der Waals surface area contributed by atoms with Crippen LogP contribution in [0.4, 0.5) is 0 Å². The number of amides is 1. The van der Waals surface area contributed by atoms with Gasteiger partial charge in [-0.05, 0) is 60.8 Å². The molecule has 1 N–H and O–H groups in total. The Bertz CT molecular complexity index is 787. The van der Waals surface area contributed by atoms with Gasteiger partial charge in [0.2, 0.25) is 5.91 Å². The van der Waals surface area contributed by atoms with E-state index >= 15 is 0 Å². The molecule has 0 aromatic heterocycles. The number of benzene rings is 1. The van der Waals surface area contributed by atoms with Gasteiger partial charge in [0.1, 0.15) is 11.5 Å². The molecule has 1 aromatic carbocycles. The van der Waals surface area contributed by atoms with Crippen molar-refractivity contribution in [3.05, 3.63) is 29.3 Å². The maximum absolute atomic E-state index is 12.9. The van der Waals surface area contributed by atoms with Crippen molar-refractivity contribution in [1.82, 2.24) is 5.32 Å². The third-order valence-corrected chi connectivity index (χ3v) is 8.02. The number of ketones is 1. The van der Waals surface area contributed by atoms with Gasteiger partial charge in [0.15, 0.2) is 0 Å². The number of hydrogen-bond acceptors (Lipinski definition) is 3. The first-order chi connectivity index (χ1) is 12.0. The van der Waals surface area contributed by atoms with Crippen molar-refractivity contribution in [1.29, 1.82) is 0 Å². The molecule has 3 aliphatic carbocycles. The number of Topliss-reactive ketones (excluding diaryl/α,β-unsaturated/α-hetero) is 1. The number of carbonyl (C=O) groups excluding carboxylic acids is 2. The van der Waals surface area contributed by atoms with E-state index in [4.69, 9.17) is 4.74 Å². The van der Waals surface area contributed by atoms with Gasteiger partial charge in [-0.15, -0.1) is 0 Å². The minimum absolute atomic E-state index is 0.0464. The lowest BCUT2D eigenvalue weighted by atomic mass is 9.46. The van der Waals surface area contributed by atoms with E-state index in [9.17, 15) is 9.59 Å². The summed E-state index contributed by atoms with van der Waals surface area (Å²) in [4.78, 5) is 25.2. The highest BCUT2D eigenvalue weighted by atomic mass is 16.5. The Morgan fingerprint density at radius 2 is 2.08 bits per heavy atom. The smallest absolute Gasteiger partial charge is 0.220 e. The van der Waals surface area contributed by atoms with E-state index in [0.29, 0.717) is 30.5 Å². The largest absolute Gasteiger partial charge is 0.497 e. The summed E-state index contributed by atoms with van der Waals surface area (Å²) in [5, 5.41) is 3.16. The van der Waals surface area contributed by atoms with Crippen molar-refractivity contribution in [2.45, 2.75) is 57.4 Å². The SMILES string of the molecule is COc1ccc2c(c1)CC[C@@H]1[C@@H]2CC[C@]2(C)C(=O)C[C@H]3NC(=O)C[C@]132. The number of aryl methyl sites for hydroxylation is 1. The van der Waals surface area contributed by atoms with Crippen LogP contribution in [0.5, 0.6) is 5.75 Å². The van der Waals surface area contributed by atoms with Crippen LogP contribution in [0.25, 0.3) is 0 Å². The predicted molar refractivity (Wildman–Crippen MR) is 93.5 cm³/mol. The molecule has 5 atom stereocenters. The number of ether oxygens (including phenoxy) is 1. The van der Waals surface area contributed by atoms with Crippen LogP contribution in [0.2, 0.25) is 0 Å². The first-order valence-corrected chi connectivity index (χ1v) is 9.49. The van der Waals surface area contributed by atoms with E-state index < -0.39 is 0 Å². The van der Waals surface area contributed by atoms with Gasteiger partial charge in [-0.1, -0.05) is 13.0 Å². The Morgan fingerprint density at radius 3 is 2.88 bits per heavy atom. The zero-order valence-electron chi connectivity index (χ0n) is 14.9. The highest BCUT2D eigenvalue weighted by Gasteiger charge is 2.71. The Kier molecular flexibility index (Phi) is 3.00. The fraction of sp³-hybridized carbons (Fsp3) is 0.619. The summed E-state index contributed by atoms with van der Waals surface area (Å²) in [7, 11) is 1.71. The number of hydrogen-bond donors (Lipinski definition) is 1. The van der Waals surface area contributed by atoms with Crippen molar-refractivity contribution in [3.63, 3.8) is 0 Å². The molecule has 1 saturated heterocycles. The van der Waals surface area contributed by atoms with Crippen LogP contribution in [0.15, 0.2) is 18.2 Å². The Balaban J connectivity index is 1.62. The van der Waals surface area contributed by atoms with Gasteiger partial charge in [-0.25, -0.2) is 0 Å². The fourth-order valence-electron chi connectivity index (χ4n) is 6.85. The van der Waals surface area contributed by atoms with Gasteiger partial charge in [-0.3, -0.25) is 9.59 Å². The topological polar surface area (TPSA) is 55.4 Å². The molecule has 1 spiro atoms. The Labute approximate surface area is 148 Å². The molecule has 25 heavy (non-hydrogen) atoms. The van der Waals surface area contributed by atoms with Crippen molar-refractivity contribution in [3.8, 4) is 5.75 Å². The van der Waals surface area contributed by atoms with Crippen LogP contribution < -0.4 is 10.1 Å². The molecule has 0 bridgehead atoms. The predicted octanol–water partition coefficient (Wildman–Crippen LogP) is 2.99. The average molecular weight is 339 g/mol. The van der Waals surface area contributed by atoms with Crippen LogP contribution in [0.1, 0.15) is 56.1 Å². The summed E-state index contributed by atoms with van der Waals surface area (Å²) in [6.07, 6.45) is 5.10. The third kappa shape index (κ3) is 1.73. The molecule has 5 rings (SSSR count). The summed E-state index contributed by atoms with van der Waals surface area (Å²) >= 11 is 0. The van der Waals surface area contributed by atoms with Crippen LogP contribution in [0.3, 0.4) is 0 Å². The molecule has 4 aliphatic rings. The molecule has 0 unspecified atom stereocenters. The Hall–Kier alpha value is -1.84. The fourth-order valence-corrected chi connectivity index (χ4v) is 6.85. The molecular weight excluding hydrogens is 314 g/mol. The number of nitrogens with one attached hydrogen (secondary N) is 1. The summed E-state index contributed by atoms with van der Waals surface area (Å²) in [5.41, 5.74) is 2.30. The molecule has 0 radical (unpaired) electrons. The second-order valence-electron chi connectivity index (χ2n) is 8.65. The highest BCUT2D eigenvalue weighted by molar-refractivity contribution is 5.94. The van der Waals surface area contributed by atoms with Gasteiger partial charge >= 0.3 is 0 Å². The van der Waals surface area contributed by atoms with Gasteiger partial charge in [0.05, 0.1) is 7.11 Å². The molecule has 3 fully saturated rings. The molecular formula is C21H25NO3. The minimum atomic E-state index is -0.331. The van der Waals surface area contributed by atoms with E-state index in [0.717, 1.165) is 31.4 Å². The molecule has 1 heterocycles. The van der Waals surface area contributed by atoms with Crippen LogP contribution in [-0.2, 0) is 16.0 Å². The quantitative estimate of drug-likeness (QED) is 0.856. The average Bonchev–Trinajstić information content (AvgIpc) is 3.03. The molecule has 1 amide bonds. The number of fused-ring (bicyclic) bond motifs is 3. The second kappa shape index (κ2) is 4.87. The van der Waals surface area contributed by atoms with E-state index in [1.807, 2.05) is 0 Å². The zero-order valence-corrected chi connectivity index (χ0v) is 14.9. The standard InChI is InChI=1S/C21H25NO3/c1-20-8-7-15-14-5-4-13(25-2)9-12(14)3-6-16(15)21(20)11-19(24)22-17(21)10-18(20)23/h4-5,9,15-17H,3,6-8,10-11H2,1-2H3,(H,22,24)/t15-,16-,17-,20-,21+/m1/s1. The first kappa shape index (κ1) is 15.4. The minimum Gasteiger partial charge on any atom is -0.497 e. The summed E-state index contributed by atoms with van der Waals surface area (Å²) in [6, 6.07) is 6.50. The first-order valence-electron chi connectivity index (χ1n) is 9.49. The maximum atomic E-state index is 12.9. The van der Waals surface area contributed by atoms with E-state index in [1.165, 1.54) is 11.1 Å². The van der Waals surface area contributed by atoms with Gasteiger partial charge in [0, 0.05) is 29.7 Å². The lowest BCUT2D eigenvalue weighted by Gasteiger charge is -2.56. The number of rotatable bonds is 1. The number of methoxy groups -OCH3 is 1. The van der Waals surface area contributed by atoms with Crippen LogP contribution in [-0.4, -0.2) is 24.8 Å². The molecule has 4 heteroatoms. The second-order valence-corrected chi connectivity index (χ2v) is 8.65. The Morgan fingerprint density at radius 1 is 1.24 bits per heavy atom. The lowest BCUT2D eigenvalue weighted by Crippen LogP contribution is -2.54. The number of carbonyl (C=O) groups is 2. The summed E-state index contributed by atoms with van der Waals surface area (Å²) < 4.78 is 5.40. The normalized spacial score (nSPS) is 41.4. The maximum Gasteiger partial charge on any atom is 0.220 e. The zero-order chi connectivity index (χ0) is 17.4. The summed E-state index contributed by atoms with van der Waals surface area (Å²) in [5.74, 6) is 2.32. The van der Waals surface area contributed by atoms with Crippen molar-refractivity contribution in [2.24, 2.45) is 16.7 Å². The van der Waals surface area contributed by atoms with Crippen LogP contribution >= 0.6 is 0 Å². The monoisotopic (exact) mass is 339 g/mol. The van der Waals surface area contributed by atoms with Gasteiger partial charge in [0.25, 0.3) is 0 Å².